The Morgan fingerprint density at radius 2 is 1.92 bits per heavy atom. The van der Waals surface area contributed by atoms with Crippen LogP contribution in [0.4, 0.5) is 0 Å². The molecule has 0 saturated carbocycles. The molecule has 0 aliphatic heterocycles. The molecule has 26 heavy (non-hydrogen) atoms. The minimum atomic E-state index is -0.383. The first-order valence-electron chi connectivity index (χ1n) is 8.23. The van der Waals surface area contributed by atoms with Crippen LogP contribution in [-0.4, -0.2) is 23.3 Å². The minimum Gasteiger partial charge on any atom is -0.507 e. The Bertz CT molecular complexity index is 826. The molecule has 2 N–H and O–H groups in total. The molecule has 0 radical (unpaired) electrons. The van der Waals surface area contributed by atoms with E-state index >= 15 is 0 Å². The van der Waals surface area contributed by atoms with Gasteiger partial charge in [-0.1, -0.05) is 39.0 Å². The number of benzene rings is 2. The van der Waals surface area contributed by atoms with E-state index < -0.39 is 0 Å². The van der Waals surface area contributed by atoms with E-state index in [1.165, 1.54) is 5.56 Å². The number of hydrogen-bond acceptors (Lipinski definition) is 4. The third-order valence-corrected chi connectivity index (χ3v) is 4.42. The van der Waals surface area contributed by atoms with Crippen LogP contribution in [0.2, 0.25) is 0 Å². The van der Waals surface area contributed by atoms with Crippen LogP contribution in [0.25, 0.3) is 0 Å². The maximum atomic E-state index is 12.0. The zero-order valence-electron chi connectivity index (χ0n) is 15.3. The molecule has 0 bridgehead atoms. The van der Waals surface area contributed by atoms with E-state index in [4.69, 9.17) is 4.74 Å². The van der Waals surface area contributed by atoms with Crippen LogP contribution in [0.5, 0.6) is 11.5 Å². The predicted molar refractivity (Wildman–Crippen MR) is 107 cm³/mol. The fourth-order valence-corrected chi connectivity index (χ4v) is 2.74. The predicted octanol–water partition coefficient (Wildman–Crippen LogP) is 4.37. The van der Waals surface area contributed by atoms with Gasteiger partial charge in [0.2, 0.25) is 0 Å². The molecule has 0 spiro atoms. The number of carbonyl (C=O) groups is 1. The average molecular weight is 419 g/mol. The van der Waals surface area contributed by atoms with Gasteiger partial charge in [0.25, 0.3) is 5.91 Å². The number of phenolic OH excluding ortho intramolecular Hbond substituents is 1. The van der Waals surface area contributed by atoms with Crippen molar-refractivity contribution in [2.24, 2.45) is 5.10 Å². The van der Waals surface area contributed by atoms with Gasteiger partial charge in [0.15, 0.2) is 6.61 Å². The third kappa shape index (κ3) is 5.33. The van der Waals surface area contributed by atoms with Crippen molar-refractivity contribution in [3.05, 3.63) is 58.1 Å². The molecule has 2 aromatic carbocycles. The lowest BCUT2D eigenvalue weighted by atomic mass is 9.87. The number of halogens is 1. The Balaban J connectivity index is 1.95. The average Bonchev–Trinajstić information content (AvgIpc) is 2.58. The molecule has 0 saturated heterocycles. The molecule has 0 aliphatic carbocycles. The standard InChI is InChI=1S/C20H23BrN2O3/c1-13(15-7-5-6-8-17(15)24)22-23-19(25)12-26-18-10-9-14(11-16(18)21)20(2,3)4/h5-11,24H,12H2,1-4H3,(H,23,25)/b22-13+. The van der Waals surface area contributed by atoms with Crippen LogP contribution in [-0.2, 0) is 10.2 Å². The maximum absolute atomic E-state index is 12.0. The first-order valence-corrected chi connectivity index (χ1v) is 9.02. The lowest BCUT2D eigenvalue weighted by Crippen LogP contribution is -2.25. The Kier molecular flexibility index (Phi) is 6.42. The molecule has 0 atom stereocenters. The lowest BCUT2D eigenvalue weighted by Gasteiger charge is -2.20. The van der Waals surface area contributed by atoms with Crippen molar-refractivity contribution < 1.29 is 14.6 Å². The highest BCUT2D eigenvalue weighted by Crippen LogP contribution is 2.31. The number of ether oxygens (including phenoxy) is 1. The fourth-order valence-electron chi connectivity index (χ4n) is 2.25. The number of aromatic hydroxyl groups is 1. The van der Waals surface area contributed by atoms with Gasteiger partial charge in [-0.05, 0) is 58.1 Å². The van der Waals surface area contributed by atoms with E-state index in [0.717, 1.165) is 4.47 Å². The molecule has 2 aromatic rings. The smallest absolute Gasteiger partial charge is 0.277 e. The number of carbonyl (C=O) groups excluding carboxylic acids is 1. The highest BCUT2D eigenvalue weighted by molar-refractivity contribution is 9.10. The summed E-state index contributed by atoms with van der Waals surface area (Å²) >= 11 is 3.48. The second-order valence-corrected chi connectivity index (χ2v) is 7.79. The van der Waals surface area contributed by atoms with E-state index in [1.807, 2.05) is 18.2 Å². The van der Waals surface area contributed by atoms with Crippen molar-refractivity contribution in [3.8, 4) is 11.5 Å². The summed E-state index contributed by atoms with van der Waals surface area (Å²) in [5.41, 5.74) is 4.71. The molecule has 5 nitrogen and oxygen atoms in total. The molecule has 0 aliphatic rings. The van der Waals surface area contributed by atoms with Crippen molar-refractivity contribution in [1.82, 2.24) is 5.43 Å². The van der Waals surface area contributed by atoms with Gasteiger partial charge in [-0.15, -0.1) is 0 Å². The third-order valence-electron chi connectivity index (χ3n) is 3.80. The van der Waals surface area contributed by atoms with E-state index in [9.17, 15) is 9.90 Å². The van der Waals surface area contributed by atoms with E-state index in [0.29, 0.717) is 17.0 Å². The molecule has 0 heterocycles. The molecule has 0 aromatic heterocycles. The number of hydrazone groups is 1. The Hall–Kier alpha value is -2.34. The van der Waals surface area contributed by atoms with Gasteiger partial charge in [0, 0.05) is 5.56 Å². The van der Waals surface area contributed by atoms with Gasteiger partial charge in [-0.2, -0.15) is 5.10 Å². The van der Waals surface area contributed by atoms with Crippen LogP contribution in [0.1, 0.15) is 38.8 Å². The molecule has 1 amide bonds. The monoisotopic (exact) mass is 418 g/mol. The number of hydrogen-bond donors (Lipinski definition) is 2. The SMILES string of the molecule is C/C(=N\NC(=O)COc1ccc(C(C)(C)C)cc1Br)c1ccccc1O. The lowest BCUT2D eigenvalue weighted by molar-refractivity contribution is -0.123. The number of phenols is 1. The second-order valence-electron chi connectivity index (χ2n) is 6.93. The topological polar surface area (TPSA) is 70.9 Å². The number of nitrogens with zero attached hydrogens (tertiary/aromatic N) is 1. The zero-order valence-corrected chi connectivity index (χ0v) is 16.9. The van der Waals surface area contributed by atoms with E-state index in [-0.39, 0.29) is 23.7 Å². The largest absolute Gasteiger partial charge is 0.507 e. The number of rotatable bonds is 5. The van der Waals surface area contributed by atoms with Gasteiger partial charge < -0.3 is 9.84 Å². The minimum absolute atomic E-state index is 0.0354. The van der Waals surface area contributed by atoms with Crippen LogP contribution in [0.15, 0.2) is 52.0 Å². The highest BCUT2D eigenvalue weighted by Gasteiger charge is 2.15. The second kappa shape index (κ2) is 8.36. The first-order chi connectivity index (χ1) is 12.2. The highest BCUT2D eigenvalue weighted by atomic mass is 79.9. The summed E-state index contributed by atoms with van der Waals surface area (Å²) in [6.45, 7) is 7.94. The van der Waals surface area contributed by atoms with Crippen LogP contribution in [0.3, 0.4) is 0 Å². The summed E-state index contributed by atoms with van der Waals surface area (Å²) in [4.78, 5) is 12.0. The molecular weight excluding hydrogens is 396 g/mol. The quantitative estimate of drug-likeness (QED) is 0.559. The molecule has 0 unspecified atom stereocenters. The van der Waals surface area contributed by atoms with Gasteiger partial charge in [0.05, 0.1) is 10.2 Å². The Morgan fingerprint density at radius 1 is 1.23 bits per heavy atom. The van der Waals surface area contributed by atoms with E-state index in [1.54, 1.807) is 31.2 Å². The van der Waals surface area contributed by atoms with Crippen molar-refractivity contribution in [2.45, 2.75) is 33.1 Å². The summed E-state index contributed by atoms with van der Waals surface area (Å²) in [6, 6.07) is 12.6. The summed E-state index contributed by atoms with van der Waals surface area (Å²) in [5, 5.41) is 13.8. The first kappa shape index (κ1) is 20.0. The van der Waals surface area contributed by atoms with Crippen molar-refractivity contribution in [2.75, 3.05) is 6.61 Å². The molecule has 0 fully saturated rings. The fraction of sp³-hybridized carbons (Fsp3) is 0.300. The summed E-state index contributed by atoms with van der Waals surface area (Å²) < 4.78 is 6.35. The number of nitrogens with one attached hydrogen (secondary N) is 1. The van der Waals surface area contributed by atoms with Crippen LogP contribution < -0.4 is 10.2 Å². The molecular formula is C20H23BrN2O3. The number of para-hydroxylation sites is 1. The van der Waals surface area contributed by atoms with Crippen molar-refractivity contribution in [3.63, 3.8) is 0 Å². The Labute approximate surface area is 162 Å². The van der Waals surface area contributed by atoms with Crippen LogP contribution in [0, 0.1) is 0 Å². The zero-order chi connectivity index (χ0) is 19.3. The maximum Gasteiger partial charge on any atom is 0.277 e. The summed E-state index contributed by atoms with van der Waals surface area (Å²) in [7, 11) is 0. The van der Waals surface area contributed by atoms with Gasteiger partial charge in [0.1, 0.15) is 11.5 Å². The molecule has 138 valence electrons. The van der Waals surface area contributed by atoms with Crippen molar-refractivity contribution in [1.29, 1.82) is 0 Å². The van der Waals surface area contributed by atoms with Crippen molar-refractivity contribution >= 4 is 27.5 Å². The summed E-state index contributed by atoms with van der Waals surface area (Å²) in [6.07, 6.45) is 0. The summed E-state index contributed by atoms with van der Waals surface area (Å²) in [5.74, 6) is 0.322. The number of amides is 1. The normalized spacial score (nSPS) is 12.0. The molecule has 6 heteroatoms. The van der Waals surface area contributed by atoms with Gasteiger partial charge in [-0.3, -0.25) is 4.79 Å². The van der Waals surface area contributed by atoms with Crippen LogP contribution >= 0.6 is 15.9 Å². The Morgan fingerprint density at radius 3 is 2.54 bits per heavy atom. The van der Waals surface area contributed by atoms with Gasteiger partial charge in [-0.25, -0.2) is 5.43 Å². The van der Waals surface area contributed by atoms with Gasteiger partial charge >= 0.3 is 0 Å². The molecule has 2 rings (SSSR count). The van der Waals surface area contributed by atoms with E-state index in [2.05, 4.69) is 47.2 Å².